The van der Waals surface area contributed by atoms with E-state index in [0.717, 1.165) is 66.0 Å². The molecule has 74 heavy (non-hydrogen) atoms. The van der Waals surface area contributed by atoms with Crippen LogP contribution in [0.5, 0.6) is 0 Å². The predicted octanol–water partition coefficient (Wildman–Crippen LogP) is 17.3. The monoisotopic (exact) mass is 954 g/mol. The molecule has 350 valence electrons. The highest BCUT2D eigenvalue weighted by Crippen LogP contribution is 2.63. The van der Waals surface area contributed by atoms with Crippen LogP contribution in [0.3, 0.4) is 0 Å². The lowest BCUT2D eigenvalue weighted by Gasteiger charge is -2.43. The van der Waals surface area contributed by atoms with Crippen LogP contribution in [0.2, 0.25) is 0 Å². The van der Waals surface area contributed by atoms with E-state index in [0.29, 0.717) is 33.1 Å². The lowest BCUT2D eigenvalue weighted by atomic mass is 9.59. The summed E-state index contributed by atoms with van der Waals surface area (Å²) >= 11 is 0. The predicted molar refractivity (Wildman–Crippen MR) is 294 cm³/mol. The SMILES string of the molecule is [C-]#[N+]c1cc2c(c3c1C1c4ccccc4C3c3ccccc31)c1cc(C(C)(C)C)cc3c4c(F)c5c(c(F)c4n2c13)c1cc(C(C)(C)C)cc2c3c4c(c(C#N)cc3n5c21)C1c2ccccc2C4c2ccccc21. The molecule has 0 atom stereocenters. The van der Waals surface area contributed by atoms with Gasteiger partial charge in [0.1, 0.15) is 0 Å². The van der Waals surface area contributed by atoms with Gasteiger partial charge in [0.05, 0.1) is 45.8 Å². The minimum Gasteiger partial charge on any atom is -0.306 e. The quantitative estimate of drug-likeness (QED) is 0.140. The maximum atomic E-state index is 19.3. The van der Waals surface area contributed by atoms with Crippen LogP contribution in [0.1, 0.15) is 149 Å². The van der Waals surface area contributed by atoms with Crippen LogP contribution in [0.25, 0.3) is 81.0 Å². The van der Waals surface area contributed by atoms with Crippen molar-refractivity contribution in [3.8, 4) is 6.07 Å². The fourth-order valence-corrected chi connectivity index (χ4v) is 15.4. The van der Waals surface area contributed by atoms with Gasteiger partial charge < -0.3 is 8.80 Å². The topological polar surface area (TPSA) is 37.0 Å². The number of nitriles is 1. The average Bonchev–Trinajstić information content (AvgIpc) is 4.16. The van der Waals surface area contributed by atoms with Crippen molar-refractivity contribution in [2.45, 2.75) is 76.0 Å². The van der Waals surface area contributed by atoms with Gasteiger partial charge >= 0.3 is 0 Å². The Balaban J connectivity index is 1.07. The van der Waals surface area contributed by atoms with Crippen LogP contribution in [0, 0.1) is 29.5 Å². The third kappa shape index (κ3) is 4.46. The fourth-order valence-electron chi connectivity index (χ4n) is 15.4. The molecule has 13 aromatic rings. The van der Waals surface area contributed by atoms with Crippen LogP contribution in [0.15, 0.2) is 133 Å². The second-order valence-corrected chi connectivity index (χ2v) is 23.8. The van der Waals surface area contributed by atoms with Gasteiger partial charge in [-0.15, -0.1) is 0 Å². The molecule has 0 unspecified atom stereocenters. The maximum Gasteiger partial charge on any atom is 0.193 e. The van der Waals surface area contributed by atoms with Gasteiger partial charge in [0.2, 0.25) is 0 Å². The molecule has 0 saturated heterocycles. The van der Waals surface area contributed by atoms with Gasteiger partial charge in [-0.1, -0.05) is 139 Å². The van der Waals surface area contributed by atoms with Gasteiger partial charge in [0, 0.05) is 72.3 Å². The van der Waals surface area contributed by atoms with Crippen LogP contribution >= 0.6 is 0 Å². The summed E-state index contributed by atoms with van der Waals surface area (Å²) in [5, 5.41) is 16.9. The van der Waals surface area contributed by atoms with Gasteiger partial charge in [0.15, 0.2) is 17.3 Å². The van der Waals surface area contributed by atoms with Crippen molar-refractivity contribution >= 4 is 81.9 Å². The molecular weight excluding hydrogens is 911 g/mol. The molecule has 6 aliphatic carbocycles. The van der Waals surface area contributed by atoms with Gasteiger partial charge in [0.25, 0.3) is 0 Å². The zero-order valence-corrected chi connectivity index (χ0v) is 41.6. The Hall–Kier alpha value is -8.58. The number of halogens is 2. The number of nitrogens with zero attached hydrogens (tertiary/aromatic N) is 4. The molecule has 0 spiro atoms. The smallest absolute Gasteiger partial charge is 0.193 e. The second kappa shape index (κ2) is 13.0. The molecule has 19 rings (SSSR count). The Labute approximate surface area is 424 Å². The first-order valence-corrected chi connectivity index (χ1v) is 25.9. The fraction of sp³-hybridized carbons (Fsp3) is 0.176. The van der Waals surface area contributed by atoms with E-state index >= 15 is 8.78 Å². The highest BCUT2D eigenvalue weighted by Gasteiger charge is 2.47. The summed E-state index contributed by atoms with van der Waals surface area (Å²) in [4.78, 5) is 4.31. The van der Waals surface area contributed by atoms with E-state index in [9.17, 15) is 5.26 Å². The second-order valence-electron chi connectivity index (χ2n) is 23.8. The first kappa shape index (κ1) is 41.0. The average molecular weight is 955 g/mol. The number of hydrogen-bond acceptors (Lipinski definition) is 1. The molecule has 9 aromatic carbocycles. The zero-order chi connectivity index (χ0) is 49.9. The van der Waals surface area contributed by atoms with Crippen LogP contribution in [0.4, 0.5) is 14.5 Å². The van der Waals surface area contributed by atoms with E-state index in [4.69, 9.17) is 6.57 Å². The van der Waals surface area contributed by atoms with Crippen LogP contribution in [-0.2, 0) is 10.8 Å². The van der Waals surface area contributed by atoms with Gasteiger partial charge in [-0.25, -0.2) is 13.6 Å². The Morgan fingerprint density at radius 3 is 1.12 bits per heavy atom. The molecule has 4 aromatic heterocycles. The Bertz CT molecular complexity index is 4530. The van der Waals surface area contributed by atoms with E-state index in [1.165, 1.54) is 44.5 Å². The highest BCUT2D eigenvalue weighted by atomic mass is 19.1. The van der Waals surface area contributed by atoms with E-state index in [-0.39, 0.29) is 56.3 Å². The highest BCUT2D eigenvalue weighted by molar-refractivity contribution is 6.31. The molecule has 0 saturated carbocycles. The minimum absolute atomic E-state index is 0.138. The number of benzene rings is 9. The summed E-state index contributed by atoms with van der Waals surface area (Å²) in [6.45, 7) is 21.9. The largest absolute Gasteiger partial charge is 0.306 e. The molecule has 6 aliphatic rings. The molecule has 0 aliphatic heterocycles. The first-order valence-electron chi connectivity index (χ1n) is 25.9. The van der Waals surface area contributed by atoms with E-state index < -0.39 is 11.6 Å². The Morgan fingerprint density at radius 2 is 0.770 bits per heavy atom. The molecule has 4 nitrogen and oxygen atoms in total. The van der Waals surface area contributed by atoms with Crippen LogP contribution < -0.4 is 0 Å². The summed E-state index contributed by atoms with van der Waals surface area (Å²) in [6, 6.07) is 49.8. The molecule has 4 heterocycles. The van der Waals surface area contributed by atoms with E-state index in [1.54, 1.807) is 0 Å². The van der Waals surface area contributed by atoms with Crippen molar-refractivity contribution in [2.24, 2.45) is 0 Å². The zero-order valence-electron chi connectivity index (χ0n) is 41.6. The summed E-state index contributed by atoms with van der Waals surface area (Å²) in [7, 11) is 0. The third-order valence-corrected chi connectivity index (χ3v) is 18.4. The number of fused-ring (bicyclic) bond motifs is 12. The lowest BCUT2D eigenvalue weighted by Crippen LogP contribution is -2.28. The molecule has 4 bridgehead atoms. The van der Waals surface area contributed by atoms with Crippen molar-refractivity contribution in [3.05, 3.63) is 240 Å². The van der Waals surface area contributed by atoms with Crippen molar-refractivity contribution in [1.29, 1.82) is 5.26 Å². The van der Waals surface area contributed by atoms with Crippen molar-refractivity contribution in [1.82, 2.24) is 8.80 Å². The van der Waals surface area contributed by atoms with E-state index in [2.05, 4.69) is 174 Å². The lowest BCUT2D eigenvalue weighted by molar-refractivity contribution is 0.591. The number of rotatable bonds is 0. The molecule has 0 fully saturated rings. The number of aromatic nitrogens is 2. The summed E-state index contributed by atoms with van der Waals surface area (Å²) in [6.07, 6.45) is 0. The molecule has 6 heteroatoms. The summed E-state index contributed by atoms with van der Waals surface area (Å²) in [5.41, 5.74) is 19.7. The van der Waals surface area contributed by atoms with Crippen molar-refractivity contribution in [3.63, 3.8) is 0 Å². The number of hydrogen-bond donors (Lipinski definition) is 0. The molecule has 0 radical (unpaired) electrons. The minimum atomic E-state index is -0.494. The normalized spacial score (nSPS) is 18.2. The van der Waals surface area contributed by atoms with Crippen molar-refractivity contribution in [2.75, 3.05) is 0 Å². The summed E-state index contributed by atoms with van der Waals surface area (Å²) in [5.74, 6) is -1.58. The maximum absolute atomic E-state index is 19.3. The standard InChI is InChI=1S/C68H44F2N4/c1-67(2,3)32-25-42-54-47(24-31(30-71)49-50-34-16-8-12-20-38(34)52(59(49)54)39-21-13-9-17-35(39)50)73-63(42)44(27-32)56-62(70)66-57(61(69)65(56)73)45-28-33(68(4,5)6)26-43-55-48(74(66)64(43)45)29-46(72-7)58-51-36-18-10-14-22-40(36)53(60(55)58)41-23-15-11-19-37(41)51/h8-29,50-53H,1-6H3. The Morgan fingerprint density at radius 1 is 0.446 bits per heavy atom. The van der Waals surface area contributed by atoms with Gasteiger partial charge in [-0.3, -0.25) is 0 Å². The van der Waals surface area contributed by atoms with Gasteiger partial charge in [-0.2, -0.15) is 5.26 Å². The molecular formula is C68H44F2N4. The third-order valence-electron chi connectivity index (χ3n) is 18.4. The van der Waals surface area contributed by atoms with Gasteiger partial charge in [-0.05, 0) is 125 Å². The van der Waals surface area contributed by atoms with Crippen molar-refractivity contribution < 1.29 is 8.78 Å². The first-order chi connectivity index (χ1) is 35.8. The van der Waals surface area contributed by atoms with Crippen LogP contribution in [-0.4, -0.2) is 8.80 Å². The summed E-state index contributed by atoms with van der Waals surface area (Å²) < 4.78 is 42.6. The Kier molecular flexibility index (Phi) is 7.17. The van der Waals surface area contributed by atoms with E-state index in [1.807, 2.05) is 20.9 Å². The molecule has 0 amide bonds. The molecule has 0 N–H and O–H groups in total.